The minimum Gasteiger partial charge on any atom is -0.492 e. The topological polar surface area (TPSA) is 58.6 Å². The Morgan fingerprint density at radius 3 is 2.64 bits per heavy atom. The summed E-state index contributed by atoms with van der Waals surface area (Å²) in [6.07, 6.45) is 0.132. The Labute approximate surface area is 147 Å². The van der Waals surface area contributed by atoms with Crippen molar-refractivity contribution >= 4 is 23.2 Å². The van der Waals surface area contributed by atoms with Gasteiger partial charge in [-0.25, -0.2) is 4.90 Å². The van der Waals surface area contributed by atoms with E-state index >= 15 is 0 Å². The van der Waals surface area contributed by atoms with Crippen molar-refractivity contribution in [3.63, 3.8) is 0 Å². The first-order valence-corrected chi connectivity index (χ1v) is 8.43. The molecule has 1 atom stereocenters. The summed E-state index contributed by atoms with van der Waals surface area (Å²) in [5.74, 6) is 0.252. The van der Waals surface area contributed by atoms with E-state index in [4.69, 9.17) is 4.74 Å². The van der Waals surface area contributed by atoms with Crippen LogP contribution in [0.15, 0.2) is 42.5 Å². The van der Waals surface area contributed by atoms with Crippen LogP contribution in [0.5, 0.6) is 5.75 Å². The summed E-state index contributed by atoms with van der Waals surface area (Å²) in [4.78, 5) is 26.6. The van der Waals surface area contributed by atoms with Crippen molar-refractivity contribution in [1.29, 1.82) is 0 Å². The molecule has 1 heterocycles. The van der Waals surface area contributed by atoms with Crippen molar-refractivity contribution in [2.75, 3.05) is 16.8 Å². The van der Waals surface area contributed by atoms with E-state index in [2.05, 4.69) is 5.32 Å². The molecular formula is C20H22N2O3. The van der Waals surface area contributed by atoms with Crippen molar-refractivity contribution in [1.82, 2.24) is 0 Å². The number of anilines is 2. The van der Waals surface area contributed by atoms with Crippen LogP contribution in [0.25, 0.3) is 0 Å². The fourth-order valence-corrected chi connectivity index (χ4v) is 3.11. The number of para-hydroxylation sites is 2. The van der Waals surface area contributed by atoms with Gasteiger partial charge in [-0.05, 0) is 44.5 Å². The summed E-state index contributed by atoms with van der Waals surface area (Å²) in [6, 6.07) is 12.6. The highest BCUT2D eigenvalue weighted by Crippen LogP contribution is 2.30. The van der Waals surface area contributed by atoms with Gasteiger partial charge in [-0.3, -0.25) is 9.59 Å². The molecule has 1 saturated heterocycles. The lowest BCUT2D eigenvalue weighted by Crippen LogP contribution is -2.35. The third-order valence-corrected chi connectivity index (χ3v) is 4.26. The van der Waals surface area contributed by atoms with Crippen LogP contribution in [0.3, 0.4) is 0 Å². The van der Waals surface area contributed by atoms with Gasteiger partial charge < -0.3 is 10.1 Å². The van der Waals surface area contributed by atoms with Gasteiger partial charge in [0.15, 0.2) is 0 Å². The molecule has 0 unspecified atom stereocenters. The molecule has 5 nitrogen and oxygen atoms in total. The van der Waals surface area contributed by atoms with Crippen molar-refractivity contribution in [3.05, 3.63) is 53.6 Å². The van der Waals surface area contributed by atoms with Crippen LogP contribution in [0.1, 0.15) is 24.5 Å². The molecule has 2 aromatic carbocycles. The van der Waals surface area contributed by atoms with E-state index in [1.165, 1.54) is 4.90 Å². The number of nitrogens with zero attached hydrogens (tertiary/aromatic N) is 1. The van der Waals surface area contributed by atoms with Crippen LogP contribution < -0.4 is 15.0 Å². The average molecular weight is 338 g/mol. The van der Waals surface area contributed by atoms with E-state index in [1.807, 2.05) is 63.2 Å². The fraction of sp³-hybridized carbons (Fsp3) is 0.300. The molecule has 2 aromatic rings. The maximum Gasteiger partial charge on any atom is 0.256 e. The molecule has 0 aliphatic carbocycles. The highest BCUT2D eigenvalue weighted by molar-refractivity contribution is 6.23. The lowest BCUT2D eigenvalue weighted by molar-refractivity contribution is -0.121. The van der Waals surface area contributed by atoms with Crippen molar-refractivity contribution in [2.24, 2.45) is 0 Å². The van der Waals surface area contributed by atoms with E-state index in [9.17, 15) is 9.59 Å². The monoisotopic (exact) mass is 338 g/mol. The number of ether oxygens (including phenoxy) is 1. The normalized spacial score (nSPS) is 17.1. The molecule has 1 aliphatic rings. The molecule has 2 amide bonds. The Bertz CT molecular complexity index is 816. The standard InChI is InChI=1S/C20H22N2O3/c1-4-25-18-8-6-5-7-15(18)21-16-12-19(23)22(20(16)24)17-10-9-13(2)11-14(17)3/h5-11,16,21H,4,12H2,1-3H3/t16-/m0/s1. The van der Waals surface area contributed by atoms with E-state index in [0.717, 1.165) is 16.8 Å². The SMILES string of the molecule is CCOc1ccccc1N[C@H]1CC(=O)N(c2ccc(C)cc2C)C1=O. The second-order valence-corrected chi connectivity index (χ2v) is 6.19. The average Bonchev–Trinajstić information content (AvgIpc) is 2.84. The summed E-state index contributed by atoms with van der Waals surface area (Å²) in [5.41, 5.74) is 3.39. The maximum absolute atomic E-state index is 12.8. The number of hydrogen-bond acceptors (Lipinski definition) is 4. The zero-order valence-corrected chi connectivity index (χ0v) is 14.7. The molecule has 1 N–H and O–H groups in total. The smallest absolute Gasteiger partial charge is 0.256 e. The molecule has 25 heavy (non-hydrogen) atoms. The second kappa shape index (κ2) is 6.97. The molecule has 0 spiro atoms. The number of carbonyl (C=O) groups is 2. The molecule has 0 aromatic heterocycles. The molecule has 0 radical (unpaired) electrons. The highest BCUT2D eigenvalue weighted by Gasteiger charge is 2.40. The van der Waals surface area contributed by atoms with Gasteiger partial charge in [0, 0.05) is 0 Å². The van der Waals surface area contributed by atoms with Gasteiger partial charge in [-0.2, -0.15) is 0 Å². The molecule has 1 aliphatic heterocycles. The zero-order valence-electron chi connectivity index (χ0n) is 14.7. The summed E-state index contributed by atoms with van der Waals surface area (Å²) in [7, 11) is 0. The first kappa shape index (κ1) is 17.0. The summed E-state index contributed by atoms with van der Waals surface area (Å²) < 4.78 is 5.58. The van der Waals surface area contributed by atoms with Gasteiger partial charge in [-0.1, -0.05) is 29.8 Å². The summed E-state index contributed by atoms with van der Waals surface area (Å²) in [5, 5.41) is 3.17. The Kier molecular flexibility index (Phi) is 4.74. The summed E-state index contributed by atoms with van der Waals surface area (Å²) in [6.45, 7) is 6.33. The molecule has 5 heteroatoms. The van der Waals surface area contributed by atoms with Gasteiger partial charge in [0.1, 0.15) is 11.8 Å². The predicted molar refractivity (Wildman–Crippen MR) is 98.0 cm³/mol. The van der Waals surface area contributed by atoms with Gasteiger partial charge in [0.25, 0.3) is 5.91 Å². The number of amides is 2. The number of benzene rings is 2. The van der Waals surface area contributed by atoms with E-state index in [-0.39, 0.29) is 18.2 Å². The minimum atomic E-state index is -0.588. The Morgan fingerprint density at radius 1 is 1.16 bits per heavy atom. The number of nitrogens with one attached hydrogen (secondary N) is 1. The zero-order chi connectivity index (χ0) is 18.0. The Balaban J connectivity index is 1.84. The van der Waals surface area contributed by atoms with Crippen LogP contribution in [-0.2, 0) is 9.59 Å². The number of aryl methyl sites for hydroxylation is 2. The molecule has 1 fully saturated rings. The van der Waals surface area contributed by atoms with E-state index in [1.54, 1.807) is 0 Å². The second-order valence-electron chi connectivity index (χ2n) is 6.19. The van der Waals surface area contributed by atoms with Gasteiger partial charge >= 0.3 is 0 Å². The van der Waals surface area contributed by atoms with Crippen LogP contribution in [0.4, 0.5) is 11.4 Å². The van der Waals surface area contributed by atoms with Crippen molar-refractivity contribution in [3.8, 4) is 5.75 Å². The lowest BCUT2D eigenvalue weighted by atomic mass is 10.1. The number of imide groups is 1. The van der Waals surface area contributed by atoms with Gasteiger partial charge in [0.05, 0.1) is 24.4 Å². The van der Waals surface area contributed by atoms with Crippen molar-refractivity contribution in [2.45, 2.75) is 33.2 Å². The van der Waals surface area contributed by atoms with Crippen LogP contribution >= 0.6 is 0 Å². The molecular weight excluding hydrogens is 316 g/mol. The van der Waals surface area contributed by atoms with E-state index in [0.29, 0.717) is 18.0 Å². The van der Waals surface area contributed by atoms with Crippen LogP contribution in [0.2, 0.25) is 0 Å². The molecule has 0 bridgehead atoms. The number of carbonyl (C=O) groups excluding carboxylic acids is 2. The molecule has 3 rings (SSSR count). The van der Waals surface area contributed by atoms with Crippen molar-refractivity contribution < 1.29 is 14.3 Å². The Morgan fingerprint density at radius 2 is 1.92 bits per heavy atom. The molecule has 130 valence electrons. The van der Waals surface area contributed by atoms with Gasteiger partial charge in [-0.15, -0.1) is 0 Å². The first-order valence-electron chi connectivity index (χ1n) is 8.43. The van der Waals surface area contributed by atoms with E-state index < -0.39 is 6.04 Å². The largest absolute Gasteiger partial charge is 0.492 e. The number of rotatable bonds is 5. The van der Waals surface area contributed by atoms with Gasteiger partial charge in [0.2, 0.25) is 5.91 Å². The van der Waals surface area contributed by atoms with Crippen LogP contribution in [0, 0.1) is 13.8 Å². The fourth-order valence-electron chi connectivity index (χ4n) is 3.11. The quantitative estimate of drug-likeness (QED) is 0.849. The predicted octanol–water partition coefficient (Wildman–Crippen LogP) is 3.45. The maximum atomic E-state index is 12.8. The third-order valence-electron chi connectivity index (χ3n) is 4.26. The highest BCUT2D eigenvalue weighted by atomic mass is 16.5. The third kappa shape index (κ3) is 3.36. The minimum absolute atomic E-state index is 0.132. The Hall–Kier alpha value is -2.82. The summed E-state index contributed by atoms with van der Waals surface area (Å²) >= 11 is 0. The first-order chi connectivity index (χ1) is 12.0. The lowest BCUT2D eigenvalue weighted by Gasteiger charge is -2.19. The molecule has 0 saturated carbocycles. The number of hydrogen-bond donors (Lipinski definition) is 1. The van der Waals surface area contributed by atoms with Crippen LogP contribution in [-0.4, -0.2) is 24.5 Å².